The van der Waals surface area contributed by atoms with E-state index in [1.54, 1.807) is 23.7 Å². The normalized spacial score (nSPS) is 13.9. The van der Waals surface area contributed by atoms with Crippen molar-refractivity contribution >= 4 is 28.8 Å². The first-order valence-corrected chi connectivity index (χ1v) is 7.20. The number of ketones is 1. The zero-order valence-corrected chi connectivity index (χ0v) is 11.8. The molecule has 2 aromatic heterocycles. The number of fused-ring (bicyclic) bond motifs is 1. The fraction of sp³-hybridized carbons (Fsp3) is 0.357. The van der Waals surface area contributed by atoms with Crippen LogP contribution in [0, 0.1) is 5.92 Å². The van der Waals surface area contributed by atoms with Crippen molar-refractivity contribution < 1.29 is 4.79 Å². The molecule has 0 spiro atoms. The summed E-state index contributed by atoms with van der Waals surface area (Å²) in [6.07, 6.45) is 4.45. The van der Waals surface area contributed by atoms with Crippen LogP contribution in [0.5, 0.6) is 0 Å². The van der Waals surface area contributed by atoms with Gasteiger partial charge in [-0.3, -0.25) is 4.79 Å². The molecule has 0 bridgehead atoms. The molecule has 98 valence electrons. The minimum atomic E-state index is 0.0419. The Bertz CT molecular complexity index is 606. The fourth-order valence-corrected chi connectivity index (χ4v) is 3.44. The van der Waals surface area contributed by atoms with Crippen LogP contribution in [-0.4, -0.2) is 22.3 Å². The second kappa shape index (κ2) is 4.74. The maximum atomic E-state index is 12.1. The van der Waals surface area contributed by atoms with Crippen LogP contribution >= 0.6 is 11.3 Å². The highest BCUT2D eigenvalue weighted by molar-refractivity contribution is 7.14. The number of hydrogen-bond donors (Lipinski definition) is 0. The Kier molecular flexibility index (Phi) is 3.06. The van der Waals surface area contributed by atoms with Gasteiger partial charge in [0.1, 0.15) is 0 Å². The molecule has 5 heteroatoms. The van der Waals surface area contributed by atoms with Crippen LogP contribution in [0.25, 0.3) is 0 Å². The summed E-state index contributed by atoms with van der Waals surface area (Å²) in [5.74, 6) is 0.969. The molecule has 2 aromatic rings. The largest absolute Gasteiger partial charge is 0.309 e. The van der Waals surface area contributed by atoms with Crippen molar-refractivity contribution in [2.45, 2.75) is 20.3 Å². The van der Waals surface area contributed by atoms with E-state index in [0.29, 0.717) is 5.95 Å². The summed E-state index contributed by atoms with van der Waals surface area (Å²) in [5.41, 5.74) is 1.10. The van der Waals surface area contributed by atoms with Gasteiger partial charge in [-0.15, -0.1) is 11.3 Å². The molecule has 19 heavy (non-hydrogen) atoms. The smallest absolute Gasteiger partial charge is 0.229 e. The summed E-state index contributed by atoms with van der Waals surface area (Å²) in [6.45, 7) is 4.76. The Morgan fingerprint density at radius 2 is 2.11 bits per heavy atom. The van der Waals surface area contributed by atoms with Crippen LogP contribution in [0.3, 0.4) is 0 Å². The van der Waals surface area contributed by atoms with E-state index >= 15 is 0 Å². The molecule has 0 aliphatic carbocycles. The Morgan fingerprint density at radius 3 is 2.79 bits per heavy atom. The monoisotopic (exact) mass is 273 g/mol. The molecule has 0 radical (unpaired) electrons. The number of hydrogen-bond acceptors (Lipinski definition) is 5. The number of anilines is 2. The van der Waals surface area contributed by atoms with Gasteiger partial charge in [-0.2, -0.15) is 0 Å². The Labute approximate surface area is 116 Å². The van der Waals surface area contributed by atoms with E-state index in [0.717, 1.165) is 23.5 Å². The average Bonchev–Trinajstić information content (AvgIpc) is 2.98. The summed E-state index contributed by atoms with van der Waals surface area (Å²) < 4.78 is 0. The van der Waals surface area contributed by atoms with Gasteiger partial charge in [0, 0.05) is 36.2 Å². The molecule has 4 nitrogen and oxygen atoms in total. The predicted molar refractivity (Wildman–Crippen MR) is 76.2 cm³/mol. The second-order valence-electron chi connectivity index (χ2n) is 4.89. The average molecular weight is 273 g/mol. The van der Waals surface area contributed by atoms with E-state index in [2.05, 4.69) is 14.9 Å². The minimum absolute atomic E-state index is 0.0419. The Hall–Kier alpha value is -1.75. The van der Waals surface area contributed by atoms with Crippen molar-refractivity contribution in [3.8, 4) is 0 Å². The SMILES string of the molecule is CC(C)C(=O)c1cc2c(s1)CCN2c1ncccn1. The molecule has 0 N–H and O–H groups in total. The lowest BCUT2D eigenvalue weighted by Crippen LogP contribution is -2.16. The van der Waals surface area contributed by atoms with Crippen molar-refractivity contribution in [2.24, 2.45) is 5.92 Å². The molecule has 0 saturated carbocycles. The second-order valence-corrected chi connectivity index (χ2v) is 6.03. The summed E-state index contributed by atoms with van der Waals surface area (Å²) in [5, 5.41) is 0. The van der Waals surface area contributed by atoms with Crippen molar-refractivity contribution in [2.75, 3.05) is 11.4 Å². The van der Waals surface area contributed by atoms with E-state index in [-0.39, 0.29) is 11.7 Å². The number of nitrogens with zero attached hydrogens (tertiary/aromatic N) is 3. The van der Waals surface area contributed by atoms with Crippen LogP contribution in [0.2, 0.25) is 0 Å². The lowest BCUT2D eigenvalue weighted by atomic mass is 10.1. The molecule has 0 fully saturated rings. The van der Waals surface area contributed by atoms with Gasteiger partial charge in [0.15, 0.2) is 5.78 Å². The van der Waals surface area contributed by atoms with Gasteiger partial charge in [-0.05, 0) is 12.1 Å². The van der Waals surface area contributed by atoms with Crippen LogP contribution in [0.1, 0.15) is 28.4 Å². The summed E-state index contributed by atoms with van der Waals surface area (Å²) in [7, 11) is 0. The number of aromatic nitrogens is 2. The van der Waals surface area contributed by atoms with Crippen LogP contribution in [0.15, 0.2) is 24.5 Å². The molecule has 3 rings (SSSR count). The third kappa shape index (κ3) is 2.14. The molecule has 0 saturated heterocycles. The van der Waals surface area contributed by atoms with Crippen molar-refractivity contribution in [3.05, 3.63) is 34.3 Å². The van der Waals surface area contributed by atoms with E-state index in [1.807, 2.05) is 26.0 Å². The number of carbonyl (C=O) groups excluding carboxylic acids is 1. The van der Waals surface area contributed by atoms with E-state index < -0.39 is 0 Å². The molecule has 1 aliphatic heterocycles. The highest BCUT2D eigenvalue weighted by atomic mass is 32.1. The van der Waals surface area contributed by atoms with Gasteiger partial charge in [0.2, 0.25) is 5.95 Å². The summed E-state index contributed by atoms with van der Waals surface area (Å²) in [4.78, 5) is 24.8. The van der Waals surface area contributed by atoms with Gasteiger partial charge in [0.25, 0.3) is 0 Å². The lowest BCUT2D eigenvalue weighted by Gasteiger charge is -2.15. The first-order chi connectivity index (χ1) is 9.16. The van der Waals surface area contributed by atoms with Crippen molar-refractivity contribution in [3.63, 3.8) is 0 Å². The summed E-state index contributed by atoms with van der Waals surface area (Å²) >= 11 is 1.61. The lowest BCUT2D eigenvalue weighted by molar-refractivity contribution is 0.0943. The molecule has 0 amide bonds. The Balaban J connectivity index is 1.95. The number of rotatable bonds is 3. The van der Waals surface area contributed by atoms with Gasteiger partial charge in [0.05, 0.1) is 10.6 Å². The highest BCUT2D eigenvalue weighted by Crippen LogP contribution is 2.39. The van der Waals surface area contributed by atoms with Gasteiger partial charge >= 0.3 is 0 Å². The first-order valence-electron chi connectivity index (χ1n) is 6.38. The maximum Gasteiger partial charge on any atom is 0.229 e. The van der Waals surface area contributed by atoms with Crippen molar-refractivity contribution in [1.29, 1.82) is 0 Å². The van der Waals surface area contributed by atoms with Crippen LogP contribution in [0.4, 0.5) is 11.6 Å². The first kappa shape index (κ1) is 12.3. The van der Waals surface area contributed by atoms with Crippen LogP contribution in [-0.2, 0) is 6.42 Å². The molecular formula is C14H15N3OS. The zero-order chi connectivity index (χ0) is 13.4. The molecule has 0 aromatic carbocycles. The fourth-order valence-electron chi connectivity index (χ4n) is 2.20. The maximum absolute atomic E-state index is 12.1. The quantitative estimate of drug-likeness (QED) is 0.806. The van der Waals surface area contributed by atoms with Gasteiger partial charge in [-0.1, -0.05) is 13.8 Å². The predicted octanol–water partition coefficient (Wildman–Crippen LogP) is 3.07. The van der Waals surface area contributed by atoms with E-state index in [1.165, 1.54) is 4.88 Å². The molecule has 1 aliphatic rings. The van der Waals surface area contributed by atoms with E-state index in [9.17, 15) is 4.79 Å². The van der Waals surface area contributed by atoms with Crippen molar-refractivity contribution in [1.82, 2.24) is 9.97 Å². The minimum Gasteiger partial charge on any atom is -0.309 e. The molecule has 0 unspecified atom stereocenters. The van der Waals surface area contributed by atoms with E-state index in [4.69, 9.17) is 0 Å². The van der Waals surface area contributed by atoms with Crippen LogP contribution < -0.4 is 4.90 Å². The molecule has 3 heterocycles. The zero-order valence-electron chi connectivity index (χ0n) is 11.0. The third-order valence-electron chi connectivity index (χ3n) is 3.20. The molecular weight excluding hydrogens is 258 g/mol. The number of thiophene rings is 1. The summed E-state index contributed by atoms with van der Waals surface area (Å²) in [6, 6.07) is 3.80. The number of carbonyl (C=O) groups is 1. The number of Topliss-reactive ketones (excluding diaryl/α,β-unsaturated/α-hetero) is 1. The standard InChI is InChI=1S/C14H15N3OS/c1-9(2)13(18)12-8-10-11(19-12)4-7-17(10)14-15-5-3-6-16-14/h3,5-6,8-9H,4,7H2,1-2H3. The topological polar surface area (TPSA) is 46.1 Å². The highest BCUT2D eigenvalue weighted by Gasteiger charge is 2.27. The molecule has 0 atom stereocenters. The van der Waals surface area contributed by atoms with Gasteiger partial charge in [-0.25, -0.2) is 9.97 Å². The van der Waals surface area contributed by atoms with Gasteiger partial charge < -0.3 is 4.90 Å². The Morgan fingerprint density at radius 1 is 1.37 bits per heavy atom. The third-order valence-corrected chi connectivity index (χ3v) is 4.40.